The Hall–Kier alpha value is -1.63. The van der Waals surface area contributed by atoms with E-state index in [0.717, 1.165) is 10.3 Å². The van der Waals surface area contributed by atoms with E-state index in [2.05, 4.69) is 31.2 Å². The monoisotopic (exact) mass is 240 g/mol. The third kappa shape index (κ3) is 1.42. The first-order valence-electron chi connectivity index (χ1n) is 5.61. The van der Waals surface area contributed by atoms with Crippen LogP contribution in [0.4, 0.5) is 0 Å². The number of rotatable bonds is 0. The Balaban J connectivity index is 2.38. The fourth-order valence-corrected chi connectivity index (χ4v) is 3.68. The number of hydrogen-bond acceptors (Lipinski definition) is 3. The van der Waals surface area contributed by atoms with Crippen molar-refractivity contribution in [2.24, 2.45) is 5.73 Å². The fourth-order valence-electron chi connectivity index (χ4n) is 2.40. The van der Waals surface area contributed by atoms with Crippen LogP contribution < -0.4 is 5.73 Å². The molecule has 2 N–H and O–H groups in total. The summed E-state index contributed by atoms with van der Waals surface area (Å²) in [5.41, 5.74) is 8.13. The van der Waals surface area contributed by atoms with E-state index in [1.165, 1.54) is 15.8 Å². The molecule has 1 aromatic heterocycles. The first kappa shape index (κ1) is 10.5. The second kappa shape index (κ2) is 3.69. The highest BCUT2D eigenvalue weighted by Crippen LogP contribution is 2.41. The van der Waals surface area contributed by atoms with E-state index in [9.17, 15) is 0 Å². The van der Waals surface area contributed by atoms with Crippen molar-refractivity contribution in [3.05, 3.63) is 40.3 Å². The first-order valence-corrected chi connectivity index (χ1v) is 6.43. The van der Waals surface area contributed by atoms with Gasteiger partial charge < -0.3 is 5.73 Å². The third-order valence-corrected chi connectivity index (χ3v) is 4.63. The van der Waals surface area contributed by atoms with Crippen LogP contribution in [0.1, 0.15) is 28.8 Å². The smallest absolute Gasteiger partial charge is 0.101 e. The Labute approximate surface area is 104 Å². The summed E-state index contributed by atoms with van der Waals surface area (Å²) in [6.45, 7) is 2.15. The van der Waals surface area contributed by atoms with E-state index in [0.29, 0.717) is 5.92 Å². The maximum absolute atomic E-state index is 9.13. The van der Waals surface area contributed by atoms with Crippen LogP contribution in [0.5, 0.6) is 0 Å². The van der Waals surface area contributed by atoms with Crippen molar-refractivity contribution in [3.63, 3.8) is 0 Å². The summed E-state index contributed by atoms with van der Waals surface area (Å²) in [6, 6.07) is 8.25. The predicted molar refractivity (Wildman–Crippen MR) is 72.0 cm³/mol. The topological polar surface area (TPSA) is 49.8 Å². The molecular weight excluding hydrogens is 228 g/mol. The van der Waals surface area contributed by atoms with Crippen molar-refractivity contribution < 1.29 is 0 Å². The Morgan fingerprint density at radius 3 is 3.00 bits per heavy atom. The highest BCUT2D eigenvalue weighted by atomic mass is 32.1. The quantitative estimate of drug-likeness (QED) is 0.768. The zero-order valence-electron chi connectivity index (χ0n) is 9.47. The minimum Gasteiger partial charge on any atom is -0.324 e. The average Bonchev–Trinajstić information content (AvgIpc) is 2.72. The van der Waals surface area contributed by atoms with Gasteiger partial charge in [-0.15, -0.1) is 11.3 Å². The molecule has 1 aromatic carbocycles. The average molecular weight is 240 g/mol. The van der Waals surface area contributed by atoms with Gasteiger partial charge in [0, 0.05) is 16.8 Å². The van der Waals surface area contributed by atoms with E-state index in [1.807, 2.05) is 12.1 Å². The van der Waals surface area contributed by atoms with Crippen LogP contribution in [0, 0.1) is 11.3 Å². The van der Waals surface area contributed by atoms with Crippen LogP contribution in [0.25, 0.3) is 16.2 Å². The van der Waals surface area contributed by atoms with Crippen molar-refractivity contribution in [2.75, 3.05) is 0 Å². The molecule has 0 saturated carbocycles. The van der Waals surface area contributed by atoms with Crippen LogP contribution >= 0.6 is 11.3 Å². The number of nitrogens with two attached hydrogens (primary N) is 1. The number of benzene rings is 1. The molecule has 84 valence electrons. The van der Waals surface area contributed by atoms with E-state index in [-0.39, 0.29) is 6.04 Å². The van der Waals surface area contributed by atoms with Crippen molar-refractivity contribution in [2.45, 2.75) is 18.9 Å². The Bertz CT molecular complexity index is 661. The second-order valence-electron chi connectivity index (χ2n) is 4.40. The molecule has 0 saturated heterocycles. The molecule has 1 aliphatic rings. The molecule has 1 heterocycles. The minimum atomic E-state index is 0.0750. The van der Waals surface area contributed by atoms with Crippen LogP contribution in [0.2, 0.25) is 0 Å². The van der Waals surface area contributed by atoms with Gasteiger partial charge in [-0.25, -0.2) is 0 Å². The standard InChI is InChI=1S/C14H12N2S/c1-8-11(16)5-6-12-13(8)10-4-2-3-9(7-15)14(10)17-12/h2-6,8,11H,16H2,1H3. The molecule has 0 bridgehead atoms. The molecule has 0 fully saturated rings. The van der Waals surface area contributed by atoms with E-state index in [4.69, 9.17) is 11.0 Å². The molecule has 0 aliphatic heterocycles. The van der Waals surface area contributed by atoms with Gasteiger partial charge in [0.15, 0.2) is 0 Å². The molecule has 2 aromatic rings. The molecule has 0 spiro atoms. The van der Waals surface area contributed by atoms with Crippen molar-refractivity contribution in [3.8, 4) is 6.07 Å². The second-order valence-corrected chi connectivity index (χ2v) is 5.45. The third-order valence-electron chi connectivity index (χ3n) is 3.41. The predicted octanol–water partition coefficient (Wildman–Crippen LogP) is 3.23. The van der Waals surface area contributed by atoms with Gasteiger partial charge in [0.1, 0.15) is 6.07 Å². The van der Waals surface area contributed by atoms with Gasteiger partial charge >= 0.3 is 0 Å². The summed E-state index contributed by atoms with van der Waals surface area (Å²) in [5.74, 6) is 0.317. The van der Waals surface area contributed by atoms with Gasteiger partial charge in [-0.3, -0.25) is 0 Å². The summed E-state index contributed by atoms with van der Waals surface area (Å²) < 4.78 is 1.09. The number of hydrogen-bond donors (Lipinski definition) is 1. The van der Waals surface area contributed by atoms with Gasteiger partial charge in [-0.2, -0.15) is 5.26 Å². The number of nitrogens with zero attached hydrogens (tertiary/aromatic N) is 1. The van der Waals surface area contributed by atoms with E-state index < -0.39 is 0 Å². The Morgan fingerprint density at radius 1 is 1.41 bits per heavy atom. The normalized spacial score (nSPS) is 22.4. The van der Waals surface area contributed by atoms with Crippen molar-refractivity contribution >= 4 is 27.5 Å². The van der Waals surface area contributed by atoms with Gasteiger partial charge in [-0.05, 0) is 23.1 Å². The molecule has 2 nitrogen and oxygen atoms in total. The first-order chi connectivity index (χ1) is 8.22. The maximum atomic E-state index is 9.13. The van der Waals surface area contributed by atoms with Crippen molar-refractivity contribution in [1.82, 2.24) is 0 Å². The van der Waals surface area contributed by atoms with Crippen LogP contribution in [-0.4, -0.2) is 6.04 Å². The number of fused-ring (bicyclic) bond motifs is 3. The minimum absolute atomic E-state index is 0.0750. The number of thiophene rings is 1. The highest BCUT2D eigenvalue weighted by Gasteiger charge is 2.24. The summed E-state index contributed by atoms with van der Waals surface area (Å²) in [6.07, 6.45) is 4.14. The zero-order chi connectivity index (χ0) is 12.0. The Morgan fingerprint density at radius 2 is 2.24 bits per heavy atom. The SMILES string of the molecule is CC1c2c(sc3c(C#N)cccc23)C=CC1N. The maximum Gasteiger partial charge on any atom is 0.101 e. The van der Waals surface area contributed by atoms with Gasteiger partial charge in [0.05, 0.1) is 10.3 Å². The van der Waals surface area contributed by atoms with E-state index >= 15 is 0 Å². The van der Waals surface area contributed by atoms with Crippen molar-refractivity contribution in [1.29, 1.82) is 5.26 Å². The fraction of sp³-hybridized carbons (Fsp3) is 0.214. The number of nitriles is 1. The van der Waals surface area contributed by atoms with Gasteiger partial charge in [-0.1, -0.05) is 25.1 Å². The lowest BCUT2D eigenvalue weighted by Gasteiger charge is -2.21. The summed E-state index contributed by atoms with van der Waals surface area (Å²) >= 11 is 1.69. The highest BCUT2D eigenvalue weighted by molar-refractivity contribution is 7.20. The molecule has 0 radical (unpaired) electrons. The van der Waals surface area contributed by atoms with Crippen LogP contribution in [-0.2, 0) is 0 Å². The molecule has 2 unspecified atom stereocenters. The Kier molecular flexibility index (Phi) is 2.29. The van der Waals surface area contributed by atoms with Crippen LogP contribution in [0.15, 0.2) is 24.3 Å². The molecular formula is C14H12N2S. The van der Waals surface area contributed by atoms with Crippen LogP contribution in [0.3, 0.4) is 0 Å². The molecule has 3 heteroatoms. The summed E-state index contributed by atoms with van der Waals surface area (Å²) in [5, 5.41) is 10.3. The zero-order valence-corrected chi connectivity index (χ0v) is 10.3. The molecule has 17 heavy (non-hydrogen) atoms. The largest absolute Gasteiger partial charge is 0.324 e. The molecule has 2 atom stereocenters. The summed E-state index contributed by atoms with van der Waals surface area (Å²) in [7, 11) is 0. The van der Waals surface area contributed by atoms with Gasteiger partial charge in [0.2, 0.25) is 0 Å². The summed E-state index contributed by atoms with van der Waals surface area (Å²) in [4.78, 5) is 1.25. The molecule has 0 amide bonds. The van der Waals surface area contributed by atoms with Gasteiger partial charge in [0.25, 0.3) is 0 Å². The molecule has 1 aliphatic carbocycles. The lowest BCUT2D eigenvalue weighted by molar-refractivity contribution is 0.665. The molecule has 3 rings (SSSR count). The lowest BCUT2D eigenvalue weighted by Crippen LogP contribution is -2.26. The lowest BCUT2D eigenvalue weighted by atomic mass is 9.87. The van der Waals surface area contributed by atoms with E-state index in [1.54, 1.807) is 11.3 Å².